The van der Waals surface area contributed by atoms with Crippen LogP contribution in [0.2, 0.25) is 0 Å². The van der Waals surface area contributed by atoms with Gasteiger partial charge in [-0.2, -0.15) is 0 Å². The summed E-state index contributed by atoms with van der Waals surface area (Å²) in [5, 5.41) is 2.85. The average molecular weight is 258 g/mol. The summed E-state index contributed by atoms with van der Waals surface area (Å²) in [5.41, 5.74) is 0.992. The zero-order valence-corrected chi connectivity index (χ0v) is 9.08. The van der Waals surface area contributed by atoms with Gasteiger partial charge in [0.05, 0.1) is 7.11 Å². The number of amides is 1. The van der Waals surface area contributed by atoms with Gasteiger partial charge in [0.1, 0.15) is 5.75 Å². The Morgan fingerprint density at radius 3 is 2.79 bits per heavy atom. The zero-order valence-electron chi connectivity index (χ0n) is 7.49. The summed E-state index contributed by atoms with van der Waals surface area (Å²) in [4.78, 5) is 21.1. The number of ether oxygens (including phenoxy) is 1. The number of methoxy groups -OCH3 is 1. The number of halogens is 1. The molecular formula is C9H8BrNO3. The number of carbonyl (C=O) groups excluding carboxylic acids is 1. The van der Waals surface area contributed by atoms with Crippen molar-refractivity contribution in [1.29, 1.82) is 0 Å². The van der Waals surface area contributed by atoms with Crippen molar-refractivity contribution < 1.29 is 9.53 Å². The van der Waals surface area contributed by atoms with Crippen LogP contribution in [0, 0.1) is 4.91 Å². The van der Waals surface area contributed by atoms with Gasteiger partial charge in [0.25, 0.3) is 0 Å². The number of alkyl halides is 1. The Bertz CT molecular complexity index is 365. The Balaban J connectivity index is 3.17. The maximum absolute atomic E-state index is 11.1. The minimum absolute atomic E-state index is 0.303. The van der Waals surface area contributed by atoms with E-state index in [1.165, 1.54) is 13.2 Å². The Labute approximate surface area is 89.4 Å². The monoisotopic (exact) mass is 257 g/mol. The molecule has 74 valence electrons. The van der Waals surface area contributed by atoms with Crippen LogP contribution in [0.4, 0.5) is 0 Å². The Morgan fingerprint density at radius 1 is 1.57 bits per heavy atom. The zero-order chi connectivity index (χ0) is 10.6. The smallest absolute Gasteiger partial charge is 0.317 e. The van der Waals surface area contributed by atoms with Crippen LogP contribution in [0.15, 0.2) is 23.4 Å². The van der Waals surface area contributed by atoms with Crippen LogP contribution in [0.1, 0.15) is 15.9 Å². The van der Waals surface area contributed by atoms with E-state index in [0.29, 0.717) is 22.2 Å². The second kappa shape index (κ2) is 4.85. The fourth-order valence-corrected chi connectivity index (χ4v) is 1.53. The van der Waals surface area contributed by atoms with Crippen LogP contribution in [0.5, 0.6) is 5.75 Å². The number of rotatable bonds is 3. The fourth-order valence-electron chi connectivity index (χ4n) is 1.07. The lowest BCUT2D eigenvalue weighted by atomic mass is 10.1. The van der Waals surface area contributed by atoms with E-state index >= 15 is 0 Å². The van der Waals surface area contributed by atoms with E-state index in [-0.39, 0.29) is 0 Å². The summed E-state index contributed by atoms with van der Waals surface area (Å²) >= 11 is 3.22. The normalized spacial score (nSPS) is 9.57. The van der Waals surface area contributed by atoms with Crippen molar-refractivity contribution in [3.05, 3.63) is 34.2 Å². The van der Waals surface area contributed by atoms with Crippen molar-refractivity contribution in [1.82, 2.24) is 0 Å². The number of hydrogen-bond donors (Lipinski definition) is 0. The first-order chi connectivity index (χ1) is 6.72. The van der Waals surface area contributed by atoms with Gasteiger partial charge >= 0.3 is 5.91 Å². The summed E-state index contributed by atoms with van der Waals surface area (Å²) < 4.78 is 4.98. The van der Waals surface area contributed by atoms with E-state index in [4.69, 9.17) is 4.74 Å². The van der Waals surface area contributed by atoms with Crippen molar-refractivity contribution in [3.8, 4) is 5.75 Å². The summed E-state index contributed by atoms with van der Waals surface area (Å²) in [7, 11) is 1.53. The van der Waals surface area contributed by atoms with Crippen LogP contribution in [-0.4, -0.2) is 13.0 Å². The molecular weight excluding hydrogens is 250 g/mol. The Hall–Kier alpha value is -1.23. The number of carbonyl (C=O) groups is 1. The molecule has 1 rings (SSSR count). The minimum atomic E-state index is -0.762. The standard InChI is InChI=1S/C9H8BrNO3/c1-14-7-2-3-8(9(12)11-13)6(4-7)5-10/h2-4H,5H2,1H3. The van der Waals surface area contributed by atoms with Gasteiger partial charge in [-0.25, -0.2) is 0 Å². The topological polar surface area (TPSA) is 55.7 Å². The highest BCUT2D eigenvalue weighted by atomic mass is 79.9. The first kappa shape index (κ1) is 10.8. The number of hydrogen-bond acceptors (Lipinski definition) is 3. The van der Waals surface area contributed by atoms with E-state index in [1.54, 1.807) is 12.1 Å². The van der Waals surface area contributed by atoms with Gasteiger partial charge in [0.15, 0.2) is 0 Å². The number of benzene rings is 1. The quantitative estimate of drug-likeness (QED) is 0.618. The van der Waals surface area contributed by atoms with Crippen LogP contribution in [0.3, 0.4) is 0 Å². The lowest BCUT2D eigenvalue weighted by Crippen LogP contribution is -1.99. The van der Waals surface area contributed by atoms with Crippen molar-refractivity contribution in [2.24, 2.45) is 5.18 Å². The molecule has 0 atom stereocenters. The summed E-state index contributed by atoms with van der Waals surface area (Å²) in [6.07, 6.45) is 0. The van der Waals surface area contributed by atoms with Gasteiger partial charge in [-0.3, -0.25) is 4.79 Å². The largest absolute Gasteiger partial charge is 0.497 e. The van der Waals surface area contributed by atoms with Crippen molar-refractivity contribution in [3.63, 3.8) is 0 Å². The molecule has 1 amide bonds. The van der Waals surface area contributed by atoms with Crippen LogP contribution in [0.25, 0.3) is 0 Å². The molecule has 0 N–H and O–H groups in total. The Morgan fingerprint density at radius 2 is 2.29 bits per heavy atom. The highest BCUT2D eigenvalue weighted by Crippen LogP contribution is 2.20. The van der Waals surface area contributed by atoms with Gasteiger partial charge in [-0.15, -0.1) is 4.91 Å². The van der Waals surface area contributed by atoms with Gasteiger partial charge in [-0.1, -0.05) is 15.9 Å². The molecule has 0 fully saturated rings. The third kappa shape index (κ3) is 2.17. The molecule has 0 aromatic heterocycles. The molecule has 1 aromatic rings. The maximum Gasteiger partial charge on any atom is 0.317 e. The van der Waals surface area contributed by atoms with Gasteiger partial charge in [0, 0.05) is 16.1 Å². The third-order valence-electron chi connectivity index (χ3n) is 1.77. The van der Waals surface area contributed by atoms with Gasteiger partial charge < -0.3 is 4.74 Å². The number of nitroso groups, excluding NO2 is 1. The predicted octanol–water partition coefficient (Wildman–Crippen LogP) is 2.50. The van der Waals surface area contributed by atoms with E-state index < -0.39 is 5.91 Å². The van der Waals surface area contributed by atoms with Crippen LogP contribution < -0.4 is 4.74 Å². The van der Waals surface area contributed by atoms with Crippen molar-refractivity contribution in [2.45, 2.75) is 5.33 Å². The molecule has 0 unspecified atom stereocenters. The molecule has 0 heterocycles. The SMILES string of the molecule is COc1ccc(C(=O)N=O)c(CBr)c1. The minimum Gasteiger partial charge on any atom is -0.497 e. The molecule has 5 heteroatoms. The van der Waals surface area contributed by atoms with Crippen LogP contribution in [-0.2, 0) is 5.33 Å². The summed E-state index contributed by atoms with van der Waals surface area (Å²) in [6, 6.07) is 4.83. The molecule has 0 saturated heterocycles. The molecule has 0 spiro atoms. The highest BCUT2D eigenvalue weighted by molar-refractivity contribution is 9.08. The van der Waals surface area contributed by atoms with Crippen molar-refractivity contribution in [2.75, 3.05) is 7.11 Å². The second-order valence-corrected chi connectivity index (χ2v) is 3.11. The summed E-state index contributed by atoms with van der Waals surface area (Å²) in [5.74, 6) is -0.121. The van der Waals surface area contributed by atoms with E-state index in [1.807, 2.05) is 0 Å². The van der Waals surface area contributed by atoms with Crippen LogP contribution >= 0.6 is 15.9 Å². The lowest BCUT2D eigenvalue weighted by Gasteiger charge is -2.05. The average Bonchev–Trinajstić information content (AvgIpc) is 2.27. The molecule has 0 aliphatic rings. The molecule has 4 nitrogen and oxygen atoms in total. The first-order valence-electron chi connectivity index (χ1n) is 3.83. The molecule has 0 saturated carbocycles. The molecule has 0 radical (unpaired) electrons. The molecule has 0 bridgehead atoms. The van der Waals surface area contributed by atoms with Gasteiger partial charge in [-0.05, 0) is 23.8 Å². The second-order valence-electron chi connectivity index (χ2n) is 2.55. The first-order valence-corrected chi connectivity index (χ1v) is 4.95. The lowest BCUT2D eigenvalue weighted by molar-refractivity contribution is 0.1000. The number of nitrogens with zero attached hydrogens (tertiary/aromatic N) is 1. The Kier molecular flexibility index (Phi) is 3.76. The summed E-state index contributed by atoms with van der Waals surface area (Å²) in [6.45, 7) is 0. The predicted molar refractivity (Wildman–Crippen MR) is 55.8 cm³/mol. The third-order valence-corrected chi connectivity index (χ3v) is 2.37. The molecule has 0 aliphatic heterocycles. The van der Waals surface area contributed by atoms with E-state index in [9.17, 15) is 9.70 Å². The van der Waals surface area contributed by atoms with E-state index in [2.05, 4.69) is 21.1 Å². The molecule has 1 aromatic carbocycles. The van der Waals surface area contributed by atoms with Gasteiger partial charge in [0.2, 0.25) is 0 Å². The maximum atomic E-state index is 11.1. The highest BCUT2D eigenvalue weighted by Gasteiger charge is 2.11. The van der Waals surface area contributed by atoms with E-state index in [0.717, 1.165) is 0 Å². The van der Waals surface area contributed by atoms with Crippen molar-refractivity contribution >= 4 is 21.8 Å². The molecule has 14 heavy (non-hydrogen) atoms. The fraction of sp³-hybridized carbons (Fsp3) is 0.222. The molecule has 0 aliphatic carbocycles.